The molecule has 0 aliphatic carbocycles. The third kappa shape index (κ3) is 1.93. The molecule has 2 heteroatoms. The maximum absolute atomic E-state index is 9.65. The van der Waals surface area contributed by atoms with Crippen molar-refractivity contribution >= 4 is 0 Å². The fourth-order valence-electron chi connectivity index (χ4n) is 3.71. The molecular weight excluding hydrogens is 220 g/mol. The minimum absolute atomic E-state index is 0.170. The highest BCUT2D eigenvalue weighted by Crippen LogP contribution is 2.42. The van der Waals surface area contributed by atoms with E-state index in [0.29, 0.717) is 6.04 Å². The molecule has 1 aromatic carbocycles. The Morgan fingerprint density at radius 2 is 1.83 bits per heavy atom. The zero-order valence-electron chi connectivity index (χ0n) is 10.8. The molecule has 3 rings (SSSR count). The minimum atomic E-state index is -0.170. The second kappa shape index (κ2) is 4.74. The zero-order valence-corrected chi connectivity index (χ0v) is 10.8. The predicted octanol–water partition coefficient (Wildman–Crippen LogP) is 3.49. The number of benzene rings is 1. The molecule has 0 spiro atoms. The molecule has 1 aromatic rings. The highest BCUT2D eigenvalue weighted by molar-refractivity contribution is 5.19. The van der Waals surface area contributed by atoms with Crippen LogP contribution in [0.2, 0.25) is 0 Å². The molecule has 2 aliphatic heterocycles. The van der Waals surface area contributed by atoms with E-state index in [1.54, 1.807) is 0 Å². The molecule has 2 saturated heterocycles. The SMILES string of the molecule is N#CC12CCCC(CCC1)N2Cc1ccccc1. The van der Waals surface area contributed by atoms with Crippen molar-refractivity contribution in [1.29, 1.82) is 5.26 Å². The van der Waals surface area contributed by atoms with Crippen molar-refractivity contribution < 1.29 is 0 Å². The van der Waals surface area contributed by atoms with Crippen molar-refractivity contribution in [3.63, 3.8) is 0 Å². The molecule has 0 atom stereocenters. The molecule has 0 saturated carbocycles. The summed E-state index contributed by atoms with van der Waals surface area (Å²) in [6.45, 7) is 0.944. The van der Waals surface area contributed by atoms with Gasteiger partial charge in [-0.25, -0.2) is 0 Å². The monoisotopic (exact) mass is 240 g/mol. The first-order chi connectivity index (χ1) is 8.84. The summed E-state index contributed by atoms with van der Waals surface area (Å²) < 4.78 is 0. The van der Waals surface area contributed by atoms with Crippen LogP contribution in [0.3, 0.4) is 0 Å². The number of hydrogen-bond donors (Lipinski definition) is 0. The van der Waals surface area contributed by atoms with Gasteiger partial charge in [0.1, 0.15) is 5.54 Å². The van der Waals surface area contributed by atoms with Crippen LogP contribution in [-0.2, 0) is 6.54 Å². The fraction of sp³-hybridized carbons (Fsp3) is 0.562. The maximum atomic E-state index is 9.65. The number of fused-ring (bicyclic) bond motifs is 2. The lowest BCUT2D eigenvalue weighted by Crippen LogP contribution is -2.57. The van der Waals surface area contributed by atoms with Crippen molar-refractivity contribution in [2.45, 2.75) is 56.7 Å². The summed E-state index contributed by atoms with van der Waals surface area (Å²) in [6, 6.07) is 13.9. The summed E-state index contributed by atoms with van der Waals surface area (Å²) in [4.78, 5) is 2.50. The van der Waals surface area contributed by atoms with Crippen LogP contribution in [0.5, 0.6) is 0 Å². The lowest BCUT2D eigenvalue weighted by molar-refractivity contribution is -0.0112. The Morgan fingerprint density at radius 3 is 2.44 bits per heavy atom. The average molecular weight is 240 g/mol. The molecule has 2 nitrogen and oxygen atoms in total. The molecule has 18 heavy (non-hydrogen) atoms. The van der Waals surface area contributed by atoms with E-state index >= 15 is 0 Å². The molecule has 0 amide bonds. The van der Waals surface area contributed by atoms with Gasteiger partial charge in [0, 0.05) is 12.6 Å². The van der Waals surface area contributed by atoms with Crippen LogP contribution in [0.1, 0.15) is 44.1 Å². The number of hydrogen-bond acceptors (Lipinski definition) is 2. The summed E-state index contributed by atoms with van der Waals surface area (Å²) in [5.41, 5.74) is 1.17. The van der Waals surface area contributed by atoms with E-state index < -0.39 is 0 Å². The smallest absolute Gasteiger partial charge is 0.109 e. The van der Waals surface area contributed by atoms with E-state index in [0.717, 1.165) is 19.4 Å². The first-order valence-corrected chi connectivity index (χ1v) is 7.06. The second-order valence-corrected chi connectivity index (χ2v) is 5.70. The van der Waals surface area contributed by atoms with Crippen molar-refractivity contribution in [3.05, 3.63) is 35.9 Å². The van der Waals surface area contributed by atoms with E-state index in [1.807, 2.05) is 0 Å². The Labute approximate surface area is 109 Å². The number of rotatable bonds is 2. The van der Waals surface area contributed by atoms with Crippen LogP contribution in [0.25, 0.3) is 0 Å². The van der Waals surface area contributed by atoms with E-state index in [2.05, 4.69) is 41.3 Å². The molecule has 0 aromatic heterocycles. The predicted molar refractivity (Wildman–Crippen MR) is 71.8 cm³/mol. The Bertz CT molecular complexity index is 436. The zero-order chi connectivity index (χ0) is 12.4. The van der Waals surface area contributed by atoms with Crippen LogP contribution in [0, 0.1) is 11.3 Å². The summed E-state index contributed by atoms with van der Waals surface area (Å²) in [6.07, 6.45) is 7.12. The van der Waals surface area contributed by atoms with Gasteiger partial charge in [0.15, 0.2) is 0 Å². The van der Waals surface area contributed by atoms with Crippen LogP contribution in [-0.4, -0.2) is 16.5 Å². The Hall–Kier alpha value is -1.33. The van der Waals surface area contributed by atoms with Gasteiger partial charge in [-0.15, -0.1) is 0 Å². The van der Waals surface area contributed by atoms with Crippen molar-refractivity contribution in [3.8, 4) is 6.07 Å². The van der Waals surface area contributed by atoms with Crippen LogP contribution in [0.15, 0.2) is 30.3 Å². The first kappa shape index (κ1) is 11.7. The molecule has 2 heterocycles. The molecule has 2 aliphatic rings. The molecule has 0 radical (unpaired) electrons. The summed E-state index contributed by atoms with van der Waals surface area (Å²) in [5, 5.41) is 9.65. The normalized spacial score (nSPS) is 31.8. The Balaban J connectivity index is 1.87. The number of nitrogens with zero attached hydrogens (tertiary/aromatic N) is 2. The molecule has 2 bridgehead atoms. The Morgan fingerprint density at radius 1 is 1.17 bits per heavy atom. The highest BCUT2D eigenvalue weighted by Gasteiger charge is 2.45. The molecular formula is C16H20N2. The standard InChI is InChI=1S/C16H20N2/c17-13-16-10-4-8-15(9-5-11-16)18(16)12-14-6-2-1-3-7-14/h1-3,6-7,15H,4-5,8-12H2. The Kier molecular flexibility index (Phi) is 3.09. The topological polar surface area (TPSA) is 27.0 Å². The molecule has 0 unspecified atom stereocenters. The third-order valence-corrected chi connectivity index (χ3v) is 4.65. The van der Waals surface area contributed by atoms with E-state index in [-0.39, 0.29) is 5.54 Å². The van der Waals surface area contributed by atoms with E-state index in [9.17, 15) is 5.26 Å². The summed E-state index contributed by atoms with van der Waals surface area (Å²) in [7, 11) is 0. The summed E-state index contributed by atoms with van der Waals surface area (Å²) in [5.74, 6) is 0. The van der Waals surface area contributed by atoms with Crippen molar-refractivity contribution in [2.24, 2.45) is 0 Å². The quantitative estimate of drug-likeness (QED) is 0.791. The molecule has 94 valence electrons. The largest absolute Gasteiger partial charge is 0.278 e. The number of piperidine rings is 2. The van der Waals surface area contributed by atoms with Gasteiger partial charge in [0.05, 0.1) is 6.07 Å². The van der Waals surface area contributed by atoms with Gasteiger partial charge in [-0.05, 0) is 44.1 Å². The van der Waals surface area contributed by atoms with Gasteiger partial charge in [-0.1, -0.05) is 30.3 Å². The molecule has 2 fully saturated rings. The van der Waals surface area contributed by atoms with E-state index in [1.165, 1.54) is 31.2 Å². The van der Waals surface area contributed by atoms with E-state index in [4.69, 9.17) is 0 Å². The van der Waals surface area contributed by atoms with Crippen molar-refractivity contribution in [1.82, 2.24) is 4.90 Å². The minimum Gasteiger partial charge on any atom is -0.278 e. The van der Waals surface area contributed by atoms with Gasteiger partial charge in [-0.3, -0.25) is 4.90 Å². The highest BCUT2D eigenvalue weighted by atomic mass is 15.2. The average Bonchev–Trinajstić information content (AvgIpc) is 2.40. The van der Waals surface area contributed by atoms with Gasteiger partial charge in [0.2, 0.25) is 0 Å². The van der Waals surface area contributed by atoms with Crippen LogP contribution < -0.4 is 0 Å². The molecule has 0 N–H and O–H groups in total. The first-order valence-electron chi connectivity index (χ1n) is 7.06. The third-order valence-electron chi connectivity index (χ3n) is 4.65. The van der Waals surface area contributed by atoms with Gasteiger partial charge in [0.25, 0.3) is 0 Å². The van der Waals surface area contributed by atoms with Gasteiger partial charge >= 0.3 is 0 Å². The van der Waals surface area contributed by atoms with Crippen LogP contribution >= 0.6 is 0 Å². The van der Waals surface area contributed by atoms with Crippen LogP contribution in [0.4, 0.5) is 0 Å². The second-order valence-electron chi connectivity index (χ2n) is 5.70. The van der Waals surface area contributed by atoms with Gasteiger partial charge in [-0.2, -0.15) is 5.26 Å². The lowest BCUT2D eigenvalue weighted by atomic mass is 9.75. The lowest BCUT2D eigenvalue weighted by Gasteiger charge is -2.51. The van der Waals surface area contributed by atoms with Crippen molar-refractivity contribution in [2.75, 3.05) is 0 Å². The van der Waals surface area contributed by atoms with Gasteiger partial charge < -0.3 is 0 Å². The fourth-order valence-corrected chi connectivity index (χ4v) is 3.71. The summed E-state index contributed by atoms with van der Waals surface area (Å²) >= 11 is 0. The maximum Gasteiger partial charge on any atom is 0.109 e. The number of nitriles is 1.